The molecular formula is C22H19N5O2S. The zero-order chi connectivity index (χ0) is 20.7. The third-order valence-electron chi connectivity index (χ3n) is 4.83. The number of benzene rings is 2. The third kappa shape index (κ3) is 3.29. The molecule has 150 valence electrons. The zero-order valence-electron chi connectivity index (χ0n) is 16.5. The summed E-state index contributed by atoms with van der Waals surface area (Å²) in [6.45, 7) is 4.16. The lowest BCUT2D eigenvalue weighted by atomic mass is 10.2. The largest absolute Gasteiger partial charge is 0.453 e. The third-order valence-corrected chi connectivity index (χ3v) is 5.78. The summed E-state index contributed by atoms with van der Waals surface area (Å²) in [4.78, 5) is 19.7. The summed E-state index contributed by atoms with van der Waals surface area (Å²) in [6, 6.07) is 17.3. The Morgan fingerprint density at radius 3 is 2.73 bits per heavy atom. The molecule has 0 aliphatic heterocycles. The van der Waals surface area contributed by atoms with Crippen LogP contribution in [0.15, 0.2) is 69.0 Å². The smallest absolute Gasteiger partial charge is 0.258 e. The van der Waals surface area contributed by atoms with E-state index >= 15 is 0 Å². The van der Waals surface area contributed by atoms with E-state index in [1.165, 1.54) is 11.8 Å². The van der Waals surface area contributed by atoms with E-state index < -0.39 is 0 Å². The fraction of sp³-hybridized carbons (Fsp3) is 0.182. The van der Waals surface area contributed by atoms with Crippen LogP contribution in [0.25, 0.3) is 33.5 Å². The molecule has 0 saturated carbocycles. The average molecular weight is 417 g/mol. The van der Waals surface area contributed by atoms with E-state index in [-0.39, 0.29) is 11.6 Å². The predicted molar refractivity (Wildman–Crippen MR) is 118 cm³/mol. The molecule has 0 atom stereocenters. The summed E-state index contributed by atoms with van der Waals surface area (Å²) in [5.74, 6) is 2.45. The monoisotopic (exact) mass is 417 g/mol. The van der Waals surface area contributed by atoms with Gasteiger partial charge in [-0.15, -0.1) is 10.2 Å². The molecule has 5 rings (SSSR count). The first-order chi connectivity index (χ1) is 14.6. The van der Waals surface area contributed by atoms with Crippen molar-refractivity contribution in [1.82, 2.24) is 24.7 Å². The van der Waals surface area contributed by atoms with Gasteiger partial charge in [-0.05, 0) is 38.1 Å². The van der Waals surface area contributed by atoms with E-state index in [0.717, 1.165) is 16.1 Å². The second kappa shape index (κ2) is 7.46. The molecule has 30 heavy (non-hydrogen) atoms. The summed E-state index contributed by atoms with van der Waals surface area (Å²) in [6.07, 6.45) is 0. The highest BCUT2D eigenvalue weighted by atomic mass is 32.2. The Balaban J connectivity index is 1.47. The number of rotatable bonds is 5. The molecule has 0 saturated heterocycles. The van der Waals surface area contributed by atoms with Crippen LogP contribution in [0.4, 0.5) is 0 Å². The van der Waals surface area contributed by atoms with E-state index in [2.05, 4.69) is 34.0 Å². The molecule has 0 aliphatic carbocycles. The number of nitrogens with zero attached hydrogens (tertiary/aromatic N) is 4. The second-order valence-corrected chi connectivity index (χ2v) is 8.18. The Bertz CT molecular complexity index is 1380. The minimum atomic E-state index is -0.135. The molecule has 3 heterocycles. The molecule has 5 aromatic rings. The first-order valence-corrected chi connectivity index (χ1v) is 10.6. The van der Waals surface area contributed by atoms with Gasteiger partial charge in [-0.1, -0.05) is 42.1 Å². The average Bonchev–Trinajstić information content (AvgIpc) is 3.36. The van der Waals surface area contributed by atoms with Crippen molar-refractivity contribution in [3.8, 4) is 11.6 Å². The van der Waals surface area contributed by atoms with Crippen LogP contribution in [0.1, 0.15) is 25.7 Å². The molecule has 0 bridgehead atoms. The van der Waals surface area contributed by atoms with Crippen molar-refractivity contribution in [3.05, 3.63) is 70.8 Å². The minimum absolute atomic E-state index is 0.134. The maximum Gasteiger partial charge on any atom is 0.258 e. The summed E-state index contributed by atoms with van der Waals surface area (Å²) in [5.41, 5.74) is 1.37. The van der Waals surface area contributed by atoms with E-state index in [4.69, 9.17) is 4.42 Å². The number of thioether (sulfide) groups is 1. The highest BCUT2D eigenvalue weighted by molar-refractivity contribution is 7.98. The highest BCUT2D eigenvalue weighted by Gasteiger charge is 2.20. The first kappa shape index (κ1) is 18.6. The number of aromatic nitrogens is 5. The fourth-order valence-electron chi connectivity index (χ4n) is 3.44. The molecule has 1 N–H and O–H groups in total. The molecule has 3 aromatic heterocycles. The van der Waals surface area contributed by atoms with Crippen molar-refractivity contribution in [2.45, 2.75) is 30.8 Å². The highest BCUT2D eigenvalue weighted by Crippen LogP contribution is 2.32. The van der Waals surface area contributed by atoms with Crippen molar-refractivity contribution in [2.75, 3.05) is 0 Å². The number of H-pyrrole nitrogens is 1. The minimum Gasteiger partial charge on any atom is -0.453 e. The van der Waals surface area contributed by atoms with Crippen LogP contribution in [-0.4, -0.2) is 24.7 Å². The van der Waals surface area contributed by atoms with Crippen molar-refractivity contribution < 1.29 is 4.42 Å². The van der Waals surface area contributed by atoms with E-state index in [1.54, 1.807) is 6.07 Å². The molecule has 8 heteroatoms. The molecule has 0 radical (unpaired) electrons. The molecule has 0 aliphatic rings. The van der Waals surface area contributed by atoms with Crippen LogP contribution >= 0.6 is 11.8 Å². The summed E-state index contributed by atoms with van der Waals surface area (Å²) in [7, 11) is 0. The van der Waals surface area contributed by atoms with Gasteiger partial charge in [0, 0.05) is 11.4 Å². The molecule has 7 nitrogen and oxygen atoms in total. The van der Waals surface area contributed by atoms with E-state index in [9.17, 15) is 4.79 Å². The van der Waals surface area contributed by atoms with E-state index in [1.807, 2.05) is 53.1 Å². The van der Waals surface area contributed by atoms with Crippen LogP contribution in [-0.2, 0) is 5.75 Å². The summed E-state index contributed by atoms with van der Waals surface area (Å²) >= 11 is 1.48. The Hall–Kier alpha value is -3.39. The second-order valence-electron chi connectivity index (χ2n) is 7.24. The predicted octanol–water partition coefficient (Wildman–Crippen LogP) is 4.80. The van der Waals surface area contributed by atoms with Gasteiger partial charge in [0.05, 0.1) is 16.7 Å². The number of aromatic amines is 1. The van der Waals surface area contributed by atoms with Gasteiger partial charge >= 0.3 is 0 Å². The normalized spacial score (nSPS) is 11.7. The number of nitrogens with one attached hydrogen (secondary N) is 1. The molecule has 2 aromatic carbocycles. The van der Waals surface area contributed by atoms with Gasteiger partial charge < -0.3 is 9.40 Å². The number of furan rings is 1. The fourth-order valence-corrected chi connectivity index (χ4v) is 4.37. The van der Waals surface area contributed by atoms with Crippen molar-refractivity contribution in [3.63, 3.8) is 0 Å². The SMILES string of the molecule is CC(C)n1c(SCc2nc3ccccc3c(=O)[nH]2)nnc1-c1cc2ccccc2o1. The zero-order valence-corrected chi connectivity index (χ0v) is 17.3. The lowest BCUT2D eigenvalue weighted by Gasteiger charge is -2.12. The standard InChI is InChI=1S/C22H19N5O2S/c1-13(2)27-20(18-11-14-7-3-6-10-17(14)29-18)25-26-22(27)30-12-19-23-16-9-5-4-8-15(16)21(28)24-19/h3-11,13H,12H2,1-2H3,(H,23,24,28). The molecule has 0 fully saturated rings. The van der Waals surface area contributed by atoms with E-state index in [0.29, 0.717) is 34.1 Å². The Labute approximate surface area is 176 Å². The quantitative estimate of drug-likeness (QED) is 0.413. The van der Waals surface area contributed by atoms with Gasteiger partial charge in [0.2, 0.25) is 5.82 Å². The summed E-state index contributed by atoms with van der Waals surface area (Å²) < 4.78 is 8.04. The number of para-hydroxylation sites is 2. The number of fused-ring (bicyclic) bond motifs is 2. The maximum atomic E-state index is 12.3. The number of hydrogen-bond acceptors (Lipinski definition) is 6. The van der Waals surface area contributed by atoms with Crippen LogP contribution < -0.4 is 5.56 Å². The Kier molecular flexibility index (Phi) is 4.63. The van der Waals surface area contributed by atoms with Crippen LogP contribution in [0, 0.1) is 0 Å². The van der Waals surface area contributed by atoms with Gasteiger partial charge in [0.15, 0.2) is 10.9 Å². The van der Waals surface area contributed by atoms with Gasteiger partial charge in [-0.3, -0.25) is 9.36 Å². The van der Waals surface area contributed by atoms with Crippen LogP contribution in [0.2, 0.25) is 0 Å². The van der Waals surface area contributed by atoms with Gasteiger partial charge in [0.1, 0.15) is 11.4 Å². The number of hydrogen-bond donors (Lipinski definition) is 1. The maximum absolute atomic E-state index is 12.3. The van der Waals surface area contributed by atoms with Crippen molar-refractivity contribution in [1.29, 1.82) is 0 Å². The van der Waals surface area contributed by atoms with Crippen molar-refractivity contribution >= 4 is 33.6 Å². The topological polar surface area (TPSA) is 89.6 Å². The van der Waals surface area contributed by atoms with Crippen LogP contribution in [0.3, 0.4) is 0 Å². The Morgan fingerprint density at radius 1 is 1.10 bits per heavy atom. The molecule has 0 unspecified atom stereocenters. The molecule has 0 spiro atoms. The lowest BCUT2D eigenvalue weighted by Crippen LogP contribution is -2.11. The van der Waals surface area contributed by atoms with Crippen molar-refractivity contribution in [2.24, 2.45) is 0 Å². The molecular weight excluding hydrogens is 398 g/mol. The molecule has 0 amide bonds. The first-order valence-electron chi connectivity index (χ1n) is 9.65. The van der Waals surface area contributed by atoms with Gasteiger partial charge in [-0.25, -0.2) is 4.98 Å². The Morgan fingerprint density at radius 2 is 1.90 bits per heavy atom. The summed E-state index contributed by atoms with van der Waals surface area (Å²) in [5, 5.41) is 11.1. The lowest BCUT2D eigenvalue weighted by molar-refractivity contribution is 0.540. The van der Waals surface area contributed by atoms with Gasteiger partial charge in [0.25, 0.3) is 5.56 Å². The van der Waals surface area contributed by atoms with Crippen LogP contribution in [0.5, 0.6) is 0 Å². The van der Waals surface area contributed by atoms with Gasteiger partial charge in [-0.2, -0.15) is 0 Å².